The lowest BCUT2D eigenvalue weighted by Gasteiger charge is -2.37. The first kappa shape index (κ1) is 27.6. The fourth-order valence-corrected chi connectivity index (χ4v) is 6.63. The van der Waals surface area contributed by atoms with E-state index >= 15 is 0 Å². The molecule has 0 unspecified atom stereocenters. The molecule has 3 heterocycles. The largest absolute Gasteiger partial charge is 0.488 e. The Morgan fingerprint density at radius 2 is 1.33 bits per heavy atom. The Balaban J connectivity index is 1.42. The number of pyridine rings is 1. The topological polar surface area (TPSA) is 52.4 Å². The van der Waals surface area contributed by atoms with Crippen LogP contribution in [0.25, 0.3) is 22.2 Å². The summed E-state index contributed by atoms with van der Waals surface area (Å²) in [5, 5.41) is 6.64. The van der Waals surface area contributed by atoms with Gasteiger partial charge in [-0.3, -0.25) is 0 Å². The molecule has 1 aliphatic heterocycles. The molecule has 4 aromatic carbocycles. The molecule has 224 valence electrons. The summed E-state index contributed by atoms with van der Waals surface area (Å²) in [6.45, 7) is 5.24. The summed E-state index contributed by atoms with van der Waals surface area (Å²) < 4.78 is 14.4. The van der Waals surface area contributed by atoms with Crippen molar-refractivity contribution in [2.75, 3.05) is 31.2 Å². The van der Waals surface area contributed by atoms with Crippen molar-refractivity contribution in [2.45, 2.75) is 30.9 Å². The van der Waals surface area contributed by atoms with Gasteiger partial charge in [-0.25, -0.2) is 9.67 Å². The third-order valence-corrected chi connectivity index (χ3v) is 9.22. The molecule has 6 nitrogen and oxygen atoms in total. The highest BCUT2D eigenvalue weighted by Crippen LogP contribution is 2.46. The molecule has 0 N–H and O–H groups in total. The summed E-state index contributed by atoms with van der Waals surface area (Å²) in [6, 6.07) is 42.9. The molecule has 8 rings (SSSR count). The van der Waals surface area contributed by atoms with Crippen molar-refractivity contribution >= 4 is 16.7 Å². The van der Waals surface area contributed by atoms with Crippen molar-refractivity contribution in [2.24, 2.45) is 0 Å². The van der Waals surface area contributed by atoms with E-state index in [9.17, 15) is 0 Å². The zero-order valence-corrected chi connectivity index (χ0v) is 25.5. The number of hydrogen-bond donors (Lipinski definition) is 0. The van der Waals surface area contributed by atoms with E-state index in [0.717, 1.165) is 76.3 Å². The van der Waals surface area contributed by atoms with Crippen LogP contribution in [0.15, 0.2) is 128 Å². The Morgan fingerprint density at radius 3 is 1.91 bits per heavy atom. The lowest BCUT2D eigenvalue weighted by Crippen LogP contribution is -2.38. The van der Waals surface area contributed by atoms with Gasteiger partial charge in [0.25, 0.3) is 0 Å². The van der Waals surface area contributed by atoms with E-state index in [-0.39, 0.29) is 5.60 Å². The van der Waals surface area contributed by atoms with Crippen LogP contribution in [0.4, 0.5) is 5.82 Å². The van der Waals surface area contributed by atoms with Gasteiger partial charge < -0.3 is 14.4 Å². The second kappa shape index (κ2) is 11.2. The van der Waals surface area contributed by atoms with E-state index in [4.69, 9.17) is 19.6 Å². The minimum absolute atomic E-state index is 0.0914. The molecule has 2 aliphatic rings. The lowest BCUT2D eigenvalue weighted by atomic mass is 9.77. The van der Waals surface area contributed by atoms with Crippen LogP contribution < -0.4 is 9.64 Å². The molecule has 0 radical (unpaired) electrons. The number of hydrogen-bond acceptors (Lipinski definition) is 5. The van der Waals surface area contributed by atoms with Gasteiger partial charge in [0.05, 0.1) is 18.7 Å². The highest BCUT2D eigenvalue weighted by atomic mass is 16.5. The molecule has 1 aliphatic carbocycles. The summed E-state index contributed by atoms with van der Waals surface area (Å²) in [4.78, 5) is 7.04. The van der Waals surface area contributed by atoms with Gasteiger partial charge in [-0.2, -0.15) is 5.10 Å². The molecular weight excluding hydrogens is 556 g/mol. The molecule has 45 heavy (non-hydrogen) atoms. The molecule has 0 bridgehead atoms. The van der Waals surface area contributed by atoms with E-state index in [1.54, 1.807) is 0 Å². The minimum Gasteiger partial charge on any atom is -0.488 e. The summed E-state index contributed by atoms with van der Waals surface area (Å²) in [7, 11) is 0. The van der Waals surface area contributed by atoms with E-state index in [1.807, 2.05) is 6.20 Å². The first-order chi connectivity index (χ1) is 22.1. The number of benzene rings is 4. The average molecular weight is 593 g/mol. The third kappa shape index (κ3) is 4.95. The van der Waals surface area contributed by atoms with Crippen LogP contribution in [0.1, 0.15) is 36.5 Å². The van der Waals surface area contributed by atoms with Crippen molar-refractivity contribution in [1.82, 2.24) is 14.8 Å². The Hall–Kier alpha value is -4.94. The fraction of sp³-hybridized carbons (Fsp3) is 0.231. The normalized spacial score (nSPS) is 16.1. The van der Waals surface area contributed by atoms with Crippen LogP contribution >= 0.6 is 0 Å². The van der Waals surface area contributed by atoms with Gasteiger partial charge in [-0.05, 0) is 66.8 Å². The van der Waals surface area contributed by atoms with Crippen molar-refractivity contribution in [3.63, 3.8) is 0 Å². The van der Waals surface area contributed by atoms with Crippen LogP contribution in [-0.2, 0) is 10.3 Å². The summed E-state index contributed by atoms with van der Waals surface area (Å²) in [5.74, 6) is 1.81. The van der Waals surface area contributed by atoms with Crippen LogP contribution in [0, 0.1) is 0 Å². The number of nitrogens with zero attached hydrogens (tertiary/aromatic N) is 4. The highest BCUT2D eigenvalue weighted by Gasteiger charge is 2.42. The number of aromatic nitrogens is 3. The predicted molar refractivity (Wildman–Crippen MR) is 179 cm³/mol. The van der Waals surface area contributed by atoms with Crippen molar-refractivity contribution in [1.29, 1.82) is 0 Å². The summed E-state index contributed by atoms with van der Waals surface area (Å²) >= 11 is 0. The number of morpholine rings is 1. The summed E-state index contributed by atoms with van der Waals surface area (Å²) in [6.07, 6.45) is 4.04. The number of anilines is 1. The van der Waals surface area contributed by atoms with Gasteiger partial charge in [-0.15, -0.1) is 0 Å². The first-order valence-electron chi connectivity index (χ1n) is 15.8. The zero-order chi connectivity index (χ0) is 30.3. The average Bonchev–Trinajstić information content (AvgIpc) is 3.72. The van der Waals surface area contributed by atoms with Gasteiger partial charge in [0.15, 0.2) is 0 Å². The molecular formula is C39H36N4O2. The quantitative estimate of drug-likeness (QED) is 0.170. The number of fused-ring (bicyclic) bond motifs is 1. The lowest BCUT2D eigenvalue weighted by molar-refractivity contribution is 0.122. The number of rotatable bonds is 8. The Morgan fingerprint density at radius 1 is 0.733 bits per heavy atom. The molecule has 0 spiro atoms. The van der Waals surface area contributed by atoms with Crippen LogP contribution in [0.2, 0.25) is 0 Å². The van der Waals surface area contributed by atoms with E-state index in [1.165, 1.54) is 0 Å². The van der Waals surface area contributed by atoms with Crippen molar-refractivity contribution in [3.8, 4) is 17.0 Å². The highest BCUT2D eigenvalue weighted by molar-refractivity contribution is 5.95. The standard InChI is InChI=1S/C39H36N4O2/c1-38(20-21-38)45-33-17-18-35-34(28-33)37(29-19-22-40-36(27-29)42-23-25-44-26-24-42)41-43(35)39(30-11-5-2-6-12-30,31-13-7-3-8-14-31)32-15-9-4-10-16-32/h2-19,22,27-28H,20-21,23-26H2,1H3. The molecule has 0 amide bonds. The van der Waals surface area contributed by atoms with Crippen molar-refractivity contribution < 1.29 is 9.47 Å². The van der Waals surface area contributed by atoms with Gasteiger partial charge in [-0.1, -0.05) is 91.0 Å². The first-order valence-corrected chi connectivity index (χ1v) is 15.8. The van der Waals surface area contributed by atoms with E-state index in [0.29, 0.717) is 13.2 Å². The Kier molecular flexibility index (Phi) is 6.87. The van der Waals surface area contributed by atoms with E-state index in [2.05, 4.69) is 138 Å². The second-order valence-electron chi connectivity index (χ2n) is 12.3. The predicted octanol–water partition coefficient (Wildman–Crippen LogP) is 7.71. The maximum atomic E-state index is 6.51. The van der Waals surface area contributed by atoms with Gasteiger partial charge in [0, 0.05) is 30.2 Å². The van der Waals surface area contributed by atoms with Crippen LogP contribution in [-0.4, -0.2) is 46.7 Å². The summed E-state index contributed by atoms with van der Waals surface area (Å²) in [5.41, 5.74) is 5.51. The molecule has 2 aromatic heterocycles. The van der Waals surface area contributed by atoms with Gasteiger partial charge >= 0.3 is 0 Å². The van der Waals surface area contributed by atoms with Gasteiger partial charge in [0.2, 0.25) is 0 Å². The monoisotopic (exact) mass is 592 g/mol. The molecule has 1 saturated heterocycles. The zero-order valence-electron chi connectivity index (χ0n) is 25.5. The van der Waals surface area contributed by atoms with Crippen LogP contribution in [0.3, 0.4) is 0 Å². The van der Waals surface area contributed by atoms with Crippen LogP contribution in [0.5, 0.6) is 5.75 Å². The maximum absolute atomic E-state index is 6.51. The molecule has 1 saturated carbocycles. The van der Waals surface area contributed by atoms with Crippen molar-refractivity contribution in [3.05, 3.63) is 144 Å². The Bertz CT molecular complexity index is 1830. The minimum atomic E-state index is -0.745. The third-order valence-electron chi connectivity index (χ3n) is 9.22. The SMILES string of the molecule is CC1(Oc2ccc3c(c2)c(-c2ccnc(N4CCOCC4)c2)nn3C(c2ccccc2)(c2ccccc2)c2ccccc2)CC1. The molecule has 2 fully saturated rings. The Labute approximate surface area is 263 Å². The number of ether oxygens (including phenoxy) is 2. The van der Waals surface area contributed by atoms with E-state index < -0.39 is 5.54 Å². The molecule has 6 heteroatoms. The molecule has 6 aromatic rings. The maximum Gasteiger partial charge on any atom is 0.138 e. The second-order valence-corrected chi connectivity index (χ2v) is 12.3. The van der Waals surface area contributed by atoms with Gasteiger partial charge in [0.1, 0.15) is 28.4 Å². The fourth-order valence-electron chi connectivity index (χ4n) is 6.63. The molecule has 0 atom stereocenters. The smallest absolute Gasteiger partial charge is 0.138 e.